The van der Waals surface area contributed by atoms with Crippen molar-refractivity contribution in [1.82, 2.24) is 15.3 Å². The summed E-state index contributed by atoms with van der Waals surface area (Å²) >= 11 is 0. The number of carbonyl (C=O) groups is 2. The van der Waals surface area contributed by atoms with Crippen molar-refractivity contribution in [3.63, 3.8) is 0 Å². The Balaban J connectivity index is 1.69. The van der Waals surface area contributed by atoms with Crippen molar-refractivity contribution in [1.29, 1.82) is 0 Å². The highest BCUT2D eigenvalue weighted by atomic mass is 16.5. The van der Waals surface area contributed by atoms with Gasteiger partial charge in [-0.15, -0.1) is 0 Å². The van der Waals surface area contributed by atoms with Crippen LogP contribution in [0.15, 0.2) is 6.20 Å². The number of nitrogens with one attached hydrogen (secondary N) is 3. The lowest BCUT2D eigenvalue weighted by molar-refractivity contribution is -0.122. The molecule has 0 radical (unpaired) electrons. The summed E-state index contributed by atoms with van der Waals surface area (Å²) in [5, 5.41) is 9.29. The Morgan fingerprint density at radius 1 is 1.23 bits per heavy atom. The SMILES string of the molecule is COC1CCC(Nc2ncc(C(N)=O)c(N[C@H]3CCNC(=O)C3)n2)CC1. The van der Waals surface area contributed by atoms with Crippen molar-refractivity contribution >= 4 is 23.6 Å². The molecular formula is C17H26N6O3. The summed E-state index contributed by atoms with van der Waals surface area (Å²) in [6.07, 6.45) is 6.80. The van der Waals surface area contributed by atoms with Gasteiger partial charge in [0.2, 0.25) is 11.9 Å². The number of amides is 2. The van der Waals surface area contributed by atoms with Crippen LogP contribution >= 0.6 is 0 Å². The van der Waals surface area contributed by atoms with Gasteiger partial charge in [-0.3, -0.25) is 9.59 Å². The predicted octanol–water partition coefficient (Wildman–Crippen LogP) is 0.636. The second kappa shape index (κ2) is 8.31. The largest absolute Gasteiger partial charge is 0.381 e. The Morgan fingerprint density at radius 2 is 2.00 bits per heavy atom. The molecule has 1 saturated heterocycles. The Morgan fingerprint density at radius 3 is 2.65 bits per heavy atom. The predicted molar refractivity (Wildman–Crippen MR) is 96.9 cm³/mol. The lowest BCUT2D eigenvalue weighted by atomic mass is 9.93. The van der Waals surface area contributed by atoms with E-state index in [1.54, 1.807) is 7.11 Å². The molecule has 1 aromatic rings. The molecule has 1 aliphatic carbocycles. The highest BCUT2D eigenvalue weighted by Gasteiger charge is 2.24. The molecule has 1 aromatic heterocycles. The maximum atomic E-state index is 11.7. The minimum atomic E-state index is -0.597. The van der Waals surface area contributed by atoms with Gasteiger partial charge in [0.05, 0.1) is 11.7 Å². The third kappa shape index (κ3) is 4.60. The molecule has 142 valence electrons. The Labute approximate surface area is 152 Å². The number of piperidine rings is 1. The molecule has 1 aliphatic heterocycles. The van der Waals surface area contributed by atoms with Crippen molar-refractivity contribution < 1.29 is 14.3 Å². The fourth-order valence-corrected chi connectivity index (χ4v) is 3.47. The van der Waals surface area contributed by atoms with Crippen molar-refractivity contribution in [2.75, 3.05) is 24.3 Å². The molecule has 3 rings (SSSR count). The molecule has 2 fully saturated rings. The first-order chi connectivity index (χ1) is 12.5. The second-order valence-corrected chi connectivity index (χ2v) is 6.86. The lowest BCUT2D eigenvalue weighted by Gasteiger charge is -2.28. The average molecular weight is 362 g/mol. The van der Waals surface area contributed by atoms with Crippen molar-refractivity contribution in [3.8, 4) is 0 Å². The van der Waals surface area contributed by atoms with Crippen LogP contribution < -0.4 is 21.7 Å². The van der Waals surface area contributed by atoms with Crippen LogP contribution in [-0.4, -0.2) is 53.6 Å². The van der Waals surface area contributed by atoms with Gasteiger partial charge >= 0.3 is 0 Å². The highest BCUT2D eigenvalue weighted by molar-refractivity contribution is 5.97. The van der Waals surface area contributed by atoms with Crippen LogP contribution in [-0.2, 0) is 9.53 Å². The Bertz CT molecular complexity index is 660. The van der Waals surface area contributed by atoms with E-state index in [1.807, 2.05) is 0 Å². The molecule has 9 heteroatoms. The van der Waals surface area contributed by atoms with Gasteiger partial charge < -0.3 is 26.4 Å². The van der Waals surface area contributed by atoms with Crippen LogP contribution in [0.1, 0.15) is 48.9 Å². The highest BCUT2D eigenvalue weighted by Crippen LogP contribution is 2.24. The van der Waals surface area contributed by atoms with Crippen molar-refractivity contribution in [2.24, 2.45) is 5.73 Å². The molecule has 2 amide bonds. The number of carbonyl (C=O) groups excluding carboxylic acids is 2. The van der Waals surface area contributed by atoms with Crippen molar-refractivity contribution in [2.45, 2.75) is 56.7 Å². The summed E-state index contributed by atoms with van der Waals surface area (Å²) < 4.78 is 5.39. The number of nitrogens with zero attached hydrogens (tertiary/aromatic N) is 2. The first-order valence-electron chi connectivity index (χ1n) is 9.04. The first kappa shape index (κ1) is 18.4. The van der Waals surface area contributed by atoms with Gasteiger partial charge in [-0.1, -0.05) is 0 Å². The van der Waals surface area contributed by atoms with Gasteiger partial charge in [-0.2, -0.15) is 4.98 Å². The molecule has 0 unspecified atom stereocenters. The van der Waals surface area contributed by atoms with Gasteiger partial charge in [0, 0.05) is 38.4 Å². The maximum absolute atomic E-state index is 11.7. The van der Waals surface area contributed by atoms with Crippen LogP contribution in [0.3, 0.4) is 0 Å². The van der Waals surface area contributed by atoms with E-state index in [4.69, 9.17) is 10.5 Å². The fraction of sp³-hybridized carbons (Fsp3) is 0.647. The van der Waals surface area contributed by atoms with E-state index in [2.05, 4.69) is 25.9 Å². The minimum absolute atomic E-state index is 0.0170. The summed E-state index contributed by atoms with van der Waals surface area (Å²) in [6.45, 7) is 0.599. The van der Waals surface area contributed by atoms with Gasteiger partial charge in [-0.05, 0) is 32.1 Å². The smallest absolute Gasteiger partial charge is 0.254 e. The van der Waals surface area contributed by atoms with E-state index in [-0.39, 0.29) is 23.6 Å². The van der Waals surface area contributed by atoms with Crippen LogP contribution in [0.4, 0.5) is 11.8 Å². The van der Waals surface area contributed by atoms with E-state index >= 15 is 0 Å². The maximum Gasteiger partial charge on any atom is 0.254 e. The zero-order valence-corrected chi connectivity index (χ0v) is 15.0. The summed E-state index contributed by atoms with van der Waals surface area (Å²) in [5.41, 5.74) is 5.67. The molecule has 0 bridgehead atoms. The number of methoxy groups -OCH3 is 1. The molecule has 2 heterocycles. The van der Waals surface area contributed by atoms with Gasteiger partial charge in [-0.25, -0.2) is 4.98 Å². The summed E-state index contributed by atoms with van der Waals surface area (Å²) in [7, 11) is 1.74. The van der Waals surface area contributed by atoms with Crippen LogP contribution in [0.5, 0.6) is 0 Å². The van der Waals surface area contributed by atoms with E-state index < -0.39 is 5.91 Å². The summed E-state index contributed by atoms with van der Waals surface area (Å²) in [5.74, 6) is 0.218. The minimum Gasteiger partial charge on any atom is -0.381 e. The Kier molecular flexibility index (Phi) is 5.87. The Hall–Kier alpha value is -2.42. The standard InChI is InChI=1S/C17H26N6O3/c1-26-12-4-2-10(3-5-12)22-17-20-9-13(15(18)25)16(23-17)21-11-6-7-19-14(24)8-11/h9-12H,2-8H2,1H3,(H2,18,25)(H,19,24)(H2,20,21,22,23)/t10?,11-,12?/m0/s1. The molecule has 9 nitrogen and oxygen atoms in total. The number of rotatable bonds is 6. The fourth-order valence-electron chi connectivity index (χ4n) is 3.47. The zero-order chi connectivity index (χ0) is 18.5. The van der Waals surface area contributed by atoms with E-state index in [0.717, 1.165) is 32.1 Å². The lowest BCUT2D eigenvalue weighted by Crippen LogP contribution is -2.40. The van der Waals surface area contributed by atoms with Gasteiger partial charge in [0.15, 0.2) is 0 Å². The molecule has 0 aromatic carbocycles. The third-order valence-corrected chi connectivity index (χ3v) is 4.98. The quantitative estimate of drug-likeness (QED) is 0.584. The number of aromatic nitrogens is 2. The van der Waals surface area contributed by atoms with E-state index in [1.165, 1.54) is 6.20 Å². The monoisotopic (exact) mass is 362 g/mol. The number of anilines is 2. The van der Waals surface area contributed by atoms with Gasteiger partial charge in [0.25, 0.3) is 5.91 Å². The normalized spacial score (nSPS) is 26.0. The van der Waals surface area contributed by atoms with Gasteiger partial charge in [0.1, 0.15) is 5.82 Å². The van der Waals surface area contributed by atoms with Crippen LogP contribution in [0.25, 0.3) is 0 Å². The molecule has 0 spiro atoms. The first-order valence-corrected chi connectivity index (χ1v) is 9.04. The molecule has 5 N–H and O–H groups in total. The van der Waals surface area contributed by atoms with Crippen LogP contribution in [0.2, 0.25) is 0 Å². The number of hydrogen-bond acceptors (Lipinski definition) is 7. The van der Waals surface area contributed by atoms with E-state index in [9.17, 15) is 9.59 Å². The number of ether oxygens (including phenoxy) is 1. The number of nitrogens with two attached hydrogens (primary N) is 1. The zero-order valence-electron chi connectivity index (χ0n) is 15.0. The second-order valence-electron chi connectivity index (χ2n) is 6.86. The topological polar surface area (TPSA) is 131 Å². The van der Waals surface area contributed by atoms with Crippen LogP contribution in [0, 0.1) is 0 Å². The van der Waals surface area contributed by atoms with E-state index in [0.29, 0.717) is 30.8 Å². The molecule has 1 saturated carbocycles. The number of primary amides is 1. The summed E-state index contributed by atoms with van der Waals surface area (Å²) in [4.78, 5) is 31.9. The third-order valence-electron chi connectivity index (χ3n) is 4.98. The average Bonchev–Trinajstić information content (AvgIpc) is 2.62. The summed E-state index contributed by atoms with van der Waals surface area (Å²) in [6, 6.07) is 0.191. The number of hydrogen-bond donors (Lipinski definition) is 4. The molecule has 1 atom stereocenters. The molecular weight excluding hydrogens is 336 g/mol. The molecule has 2 aliphatic rings. The van der Waals surface area contributed by atoms with Crippen molar-refractivity contribution in [3.05, 3.63) is 11.8 Å². The molecule has 26 heavy (non-hydrogen) atoms.